The van der Waals surface area contributed by atoms with Gasteiger partial charge < -0.3 is 15.7 Å². The molecular weight excluding hydrogens is 219 g/mol. The lowest BCUT2D eigenvalue weighted by molar-refractivity contribution is 0.289. The Morgan fingerprint density at radius 1 is 1.47 bits per heavy atom. The standard InChI is InChI=1S/C13H21FN2O/c1-3-16(8-5-9-17)12-7-4-6-11(14)13(12)10(2)15/h4,6-7,10,17H,3,5,8-9,15H2,1-2H3/t10-/m1/s1. The Kier molecular flexibility index (Phi) is 5.38. The number of hydrogen-bond donors (Lipinski definition) is 2. The summed E-state index contributed by atoms with van der Waals surface area (Å²) in [7, 11) is 0. The van der Waals surface area contributed by atoms with Crippen molar-refractivity contribution in [2.24, 2.45) is 5.73 Å². The van der Waals surface area contributed by atoms with Gasteiger partial charge in [0.25, 0.3) is 0 Å². The first-order valence-electron chi connectivity index (χ1n) is 6.01. The largest absolute Gasteiger partial charge is 0.396 e. The number of rotatable bonds is 6. The van der Waals surface area contributed by atoms with Crippen molar-refractivity contribution >= 4 is 5.69 Å². The zero-order valence-electron chi connectivity index (χ0n) is 10.5. The Hall–Kier alpha value is -1.13. The van der Waals surface area contributed by atoms with Gasteiger partial charge in [0.2, 0.25) is 0 Å². The maximum Gasteiger partial charge on any atom is 0.130 e. The average molecular weight is 240 g/mol. The number of aliphatic hydroxyl groups is 1. The first-order chi connectivity index (χ1) is 8.11. The van der Waals surface area contributed by atoms with Crippen LogP contribution in [0, 0.1) is 5.82 Å². The number of hydrogen-bond acceptors (Lipinski definition) is 3. The van der Waals surface area contributed by atoms with E-state index in [-0.39, 0.29) is 18.5 Å². The summed E-state index contributed by atoms with van der Waals surface area (Å²) >= 11 is 0. The monoisotopic (exact) mass is 240 g/mol. The molecule has 3 N–H and O–H groups in total. The number of aliphatic hydroxyl groups excluding tert-OH is 1. The summed E-state index contributed by atoms with van der Waals surface area (Å²) < 4.78 is 13.8. The quantitative estimate of drug-likeness (QED) is 0.800. The van der Waals surface area contributed by atoms with Crippen molar-refractivity contribution in [3.05, 3.63) is 29.6 Å². The fourth-order valence-electron chi connectivity index (χ4n) is 1.96. The molecule has 1 aromatic carbocycles. The van der Waals surface area contributed by atoms with E-state index in [0.717, 1.165) is 12.2 Å². The second kappa shape index (κ2) is 6.57. The van der Waals surface area contributed by atoms with E-state index in [1.54, 1.807) is 13.0 Å². The van der Waals surface area contributed by atoms with Crippen molar-refractivity contribution in [2.75, 3.05) is 24.6 Å². The van der Waals surface area contributed by atoms with Gasteiger partial charge in [0.05, 0.1) is 0 Å². The topological polar surface area (TPSA) is 49.5 Å². The molecule has 0 spiro atoms. The normalized spacial score (nSPS) is 12.5. The second-order valence-corrected chi connectivity index (χ2v) is 4.12. The predicted molar refractivity (Wildman–Crippen MR) is 68.6 cm³/mol. The molecule has 1 atom stereocenters. The molecule has 0 saturated heterocycles. The molecule has 0 radical (unpaired) electrons. The van der Waals surface area contributed by atoms with Gasteiger partial charge in [0, 0.05) is 37.0 Å². The summed E-state index contributed by atoms with van der Waals surface area (Å²) in [5, 5.41) is 8.87. The lowest BCUT2D eigenvalue weighted by atomic mass is 10.0. The van der Waals surface area contributed by atoms with Gasteiger partial charge in [0.15, 0.2) is 0 Å². The third kappa shape index (κ3) is 3.41. The van der Waals surface area contributed by atoms with E-state index in [1.165, 1.54) is 6.07 Å². The van der Waals surface area contributed by atoms with Gasteiger partial charge in [-0.05, 0) is 32.4 Å². The van der Waals surface area contributed by atoms with Crippen LogP contribution >= 0.6 is 0 Å². The van der Waals surface area contributed by atoms with Crippen molar-refractivity contribution in [2.45, 2.75) is 26.3 Å². The van der Waals surface area contributed by atoms with Gasteiger partial charge in [0.1, 0.15) is 5.82 Å². The predicted octanol–water partition coefficient (Wildman–Crippen LogP) is 2.05. The van der Waals surface area contributed by atoms with E-state index in [2.05, 4.69) is 0 Å². The van der Waals surface area contributed by atoms with Gasteiger partial charge in [-0.1, -0.05) is 6.07 Å². The van der Waals surface area contributed by atoms with E-state index in [0.29, 0.717) is 18.5 Å². The van der Waals surface area contributed by atoms with Crippen LogP contribution in [0.15, 0.2) is 18.2 Å². The summed E-state index contributed by atoms with van der Waals surface area (Å²) in [5.41, 5.74) is 7.20. The van der Waals surface area contributed by atoms with Crippen LogP contribution < -0.4 is 10.6 Å². The maximum atomic E-state index is 13.8. The molecule has 0 saturated carbocycles. The van der Waals surface area contributed by atoms with Crippen molar-refractivity contribution in [3.8, 4) is 0 Å². The first-order valence-corrected chi connectivity index (χ1v) is 6.01. The molecule has 4 heteroatoms. The highest BCUT2D eigenvalue weighted by molar-refractivity contribution is 5.55. The van der Waals surface area contributed by atoms with Gasteiger partial charge in [-0.3, -0.25) is 0 Å². The minimum atomic E-state index is -0.339. The third-order valence-corrected chi connectivity index (χ3v) is 2.79. The summed E-state index contributed by atoms with van der Waals surface area (Å²) in [4.78, 5) is 2.04. The number of nitrogens with two attached hydrogens (primary N) is 1. The molecule has 3 nitrogen and oxygen atoms in total. The van der Waals surface area contributed by atoms with Crippen LogP contribution in [0.2, 0.25) is 0 Å². The highest BCUT2D eigenvalue weighted by Gasteiger charge is 2.16. The Morgan fingerprint density at radius 2 is 2.18 bits per heavy atom. The van der Waals surface area contributed by atoms with Crippen molar-refractivity contribution in [1.29, 1.82) is 0 Å². The Labute approximate surface area is 102 Å². The van der Waals surface area contributed by atoms with Crippen molar-refractivity contribution in [1.82, 2.24) is 0 Å². The van der Waals surface area contributed by atoms with Crippen LogP contribution in [0.4, 0.5) is 10.1 Å². The molecule has 0 amide bonds. The van der Waals surface area contributed by atoms with Gasteiger partial charge in [-0.2, -0.15) is 0 Å². The maximum absolute atomic E-state index is 13.8. The van der Waals surface area contributed by atoms with Crippen LogP contribution in [-0.4, -0.2) is 24.8 Å². The third-order valence-electron chi connectivity index (χ3n) is 2.79. The summed E-state index contributed by atoms with van der Waals surface area (Å²) in [6, 6.07) is 4.66. The number of benzene rings is 1. The van der Waals surface area contributed by atoms with E-state index in [4.69, 9.17) is 10.8 Å². The molecular formula is C13H21FN2O. The molecule has 1 aromatic rings. The molecule has 0 aliphatic rings. The summed E-state index contributed by atoms with van der Waals surface area (Å²) in [6.45, 7) is 5.40. The van der Waals surface area contributed by atoms with Crippen LogP contribution in [0.3, 0.4) is 0 Å². The lowest BCUT2D eigenvalue weighted by Crippen LogP contribution is -2.27. The van der Waals surface area contributed by atoms with E-state index >= 15 is 0 Å². The highest BCUT2D eigenvalue weighted by atomic mass is 19.1. The van der Waals surface area contributed by atoms with Crippen LogP contribution in [0.25, 0.3) is 0 Å². The Balaban J connectivity index is 3.05. The highest BCUT2D eigenvalue weighted by Crippen LogP contribution is 2.27. The Bertz CT molecular complexity index is 355. The molecule has 0 aliphatic carbocycles. The number of anilines is 1. The second-order valence-electron chi connectivity index (χ2n) is 4.12. The molecule has 0 aromatic heterocycles. The minimum Gasteiger partial charge on any atom is -0.396 e. The molecule has 1 rings (SSSR count). The van der Waals surface area contributed by atoms with Crippen LogP contribution in [-0.2, 0) is 0 Å². The average Bonchev–Trinajstić information content (AvgIpc) is 2.29. The summed E-state index contributed by atoms with van der Waals surface area (Å²) in [5.74, 6) is -0.264. The molecule has 0 aliphatic heterocycles. The molecule has 0 bridgehead atoms. The molecule has 0 fully saturated rings. The molecule has 17 heavy (non-hydrogen) atoms. The smallest absolute Gasteiger partial charge is 0.130 e. The fourth-order valence-corrected chi connectivity index (χ4v) is 1.96. The SMILES string of the molecule is CCN(CCCO)c1cccc(F)c1[C@@H](C)N. The number of nitrogens with zero attached hydrogens (tertiary/aromatic N) is 1. The number of halogens is 1. The molecule has 96 valence electrons. The van der Waals surface area contributed by atoms with E-state index < -0.39 is 0 Å². The van der Waals surface area contributed by atoms with Gasteiger partial charge >= 0.3 is 0 Å². The molecule has 0 heterocycles. The van der Waals surface area contributed by atoms with Crippen LogP contribution in [0.1, 0.15) is 31.9 Å². The van der Waals surface area contributed by atoms with Gasteiger partial charge in [-0.15, -0.1) is 0 Å². The minimum absolute atomic E-state index is 0.138. The Morgan fingerprint density at radius 3 is 2.71 bits per heavy atom. The van der Waals surface area contributed by atoms with E-state index in [9.17, 15) is 4.39 Å². The van der Waals surface area contributed by atoms with Gasteiger partial charge in [-0.25, -0.2) is 4.39 Å². The van der Waals surface area contributed by atoms with Crippen molar-refractivity contribution < 1.29 is 9.50 Å². The fraction of sp³-hybridized carbons (Fsp3) is 0.538. The zero-order valence-corrected chi connectivity index (χ0v) is 10.5. The van der Waals surface area contributed by atoms with Crippen LogP contribution in [0.5, 0.6) is 0 Å². The molecule has 0 unspecified atom stereocenters. The van der Waals surface area contributed by atoms with Crippen molar-refractivity contribution in [3.63, 3.8) is 0 Å². The summed E-state index contributed by atoms with van der Waals surface area (Å²) in [6.07, 6.45) is 0.669. The lowest BCUT2D eigenvalue weighted by Gasteiger charge is -2.27. The first kappa shape index (κ1) is 13.9. The van der Waals surface area contributed by atoms with E-state index in [1.807, 2.05) is 17.9 Å². The zero-order chi connectivity index (χ0) is 12.8.